The topological polar surface area (TPSA) is 11.4 Å². The summed E-state index contributed by atoms with van der Waals surface area (Å²) in [5, 5.41) is 5.97. The van der Waals surface area contributed by atoms with Crippen LogP contribution in [-0.2, 0) is 0 Å². The Morgan fingerprint density at radius 1 is 0.308 bits per heavy atom. The quantitative estimate of drug-likeness (QED) is 0.144. The molecule has 0 N–H and O–H groups in total. The zero-order chi connectivity index (χ0) is 46.6. The first kappa shape index (κ1) is 33.9. The van der Waals surface area contributed by atoms with E-state index >= 15 is 0 Å². The summed E-state index contributed by atoms with van der Waals surface area (Å²) < 4.78 is 41.3. The van der Waals surface area contributed by atoms with Crippen LogP contribution in [0.3, 0.4) is 0 Å². The molecule has 12 rings (SSSR count). The lowest BCUT2D eigenvalue weighted by atomic mass is 9.96. The molecule has 3 nitrogen and oxygen atoms in total. The molecule has 0 atom stereocenters. The van der Waals surface area contributed by atoms with Gasteiger partial charge in [0.05, 0.1) is 27.9 Å². The van der Waals surface area contributed by atoms with Crippen LogP contribution in [0, 0.1) is 0 Å². The van der Waals surface area contributed by atoms with Crippen molar-refractivity contribution in [1.82, 2.24) is 4.57 Å². The first-order valence-electron chi connectivity index (χ1n) is 23.9. The van der Waals surface area contributed by atoms with Gasteiger partial charge in [0.25, 0.3) is 0 Å². The van der Waals surface area contributed by atoms with Gasteiger partial charge in [-0.2, -0.15) is 0 Å². The van der Waals surface area contributed by atoms with Crippen LogP contribution in [0.1, 0.15) is 5.48 Å². The predicted octanol–water partition coefficient (Wildman–Crippen LogP) is 17.4. The molecular weight excluding hydrogens is 787 g/mol. The molecule has 0 unspecified atom stereocenters. The Kier molecular flexibility index (Phi) is 8.47. The van der Waals surface area contributed by atoms with E-state index in [0.29, 0.717) is 5.56 Å². The highest BCUT2D eigenvalue weighted by molar-refractivity contribution is 6.11. The van der Waals surface area contributed by atoms with E-state index in [1.54, 1.807) is 0 Å². The molecule has 0 aliphatic carbocycles. The van der Waals surface area contributed by atoms with E-state index in [1.165, 1.54) is 5.39 Å². The number of hydrogen-bond donors (Lipinski definition) is 0. The second kappa shape index (κ2) is 16.2. The highest BCUT2D eigenvalue weighted by Gasteiger charge is 2.21. The van der Waals surface area contributed by atoms with Crippen molar-refractivity contribution in [1.29, 1.82) is 0 Å². The van der Waals surface area contributed by atoms with Gasteiger partial charge in [0.15, 0.2) is 0 Å². The van der Waals surface area contributed by atoms with Crippen LogP contribution in [-0.4, -0.2) is 4.57 Å². The van der Waals surface area contributed by atoms with E-state index in [4.69, 9.17) is 0 Å². The number of fused-ring (bicyclic) bond motifs is 5. The Morgan fingerprint density at radius 3 is 1.62 bits per heavy atom. The van der Waals surface area contributed by atoms with E-state index in [1.807, 2.05) is 114 Å². The van der Waals surface area contributed by atoms with E-state index in [9.17, 15) is 5.48 Å². The number of anilines is 6. The first-order valence-corrected chi connectivity index (χ1v) is 21.9. The van der Waals surface area contributed by atoms with Gasteiger partial charge in [-0.3, -0.25) is 0 Å². The van der Waals surface area contributed by atoms with Gasteiger partial charge in [-0.1, -0.05) is 182 Å². The van der Waals surface area contributed by atoms with Crippen molar-refractivity contribution in [2.75, 3.05) is 9.80 Å². The van der Waals surface area contributed by atoms with Crippen molar-refractivity contribution in [2.45, 2.75) is 0 Å². The molecule has 0 fully saturated rings. The molecule has 65 heavy (non-hydrogen) atoms. The van der Waals surface area contributed by atoms with Crippen molar-refractivity contribution >= 4 is 77.5 Å². The summed E-state index contributed by atoms with van der Waals surface area (Å²) in [6.07, 6.45) is 0. The van der Waals surface area contributed by atoms with Gasteiger partial charge in [0.1, 0.15) is 0 Å². The Morgan fingerprint density at radius 2 is 0.831 bits per heavy atom. The molecule has 0 bridgehead atoms. The minimum atomic E-state index is -0.127. The number of rotatable bonds is 9. The fraction of sp³-hybridized carbons (Fsp3) is 0. The Bertz CT molecular complexity index is 3860. The molecule has 0 saturated carbocycles. The largest absolute Gasteiger partial charge is 0.310 e. The number of hydrogen-bond acceptors (Lipinski definition) is 2. The van der Waals surface area contributed by atoms with E-state index in [2.05, 4.69) is 137 Å². The third-order valence-electron chi connectivity index (χ3n) is 12.4. The molecule has 12 aromatic rings. The van der Waals surface area contributed by atoms with Crippen LogP contribution in [0.5, 0.6) is 0 Å². The molecule has 306 valence electrons. The molecule has 0 amide bonds. The smallest absolute Gasteiger partial charge is 0.0645 e. The van der Waals surface area contributed by atoms with Crippen LogP contribution in [0.15, 0.2) is 261 Å². The van der Waals surface area contributed by atoms with Crippen molar-refractivity contribution in [3.05, 3.63) is 261 Å². The summed E-state index contributed by atoms with van der Waals surface area (Å²) in [4.78, 5) is 4.15. The molecule has 1 heterocycles. The van der Waals surface area contributed by atoms with E-state index in [-0.39, 0.29) is 35.4 Å². The van der Waals surface area contributed by atoms with Crippen LogP contribution >= 0.6 is 0 Å². The Hall–Kier alpha value is -8.66. The number of nitrogens with zero attached hydrogens (tertiary/aromatic N) is 3. The number of benzene rings is 11. The molecule has 0 spiro atoms. The van der Waals surface area contributed by atoms with Crippen LogP contribution in [0.25, 0.3) is 71.3 Å². The van der Waals surface area contributed by atoms with Crippen molar-refractivity contribution < 1.29 is 5.48 Å². The minimum Gasteiger partial charge on any atom is -0.310 e. The van der Waals surface area contributed by atoms with Gasteiger partial charge >= 0.3 is 0 Å². The zero-order valence-electron chi connectivity index (χ0n) is 39.4. The summed E-state index contributed by atoms with van der Waals surface area (Å²) in [6.45, 7) is 0. The van der Waals surface area contributed by atoms with Crippen LogP contribution in [0.4, 0.5) is 34.1 Å². The van der Waals surface area contributed by atoms with Gasteiger partial charge in [-0.15, -0.1) is 0 Å². The molecule has 0 radical (unpaired) electrons. The normalized spacial score (nSPS) is 12.2. The molecule has 0 aliphatic rings. The van der Waals surface area contributed by atoms with Crippen molar-refractivity contribution in [2.24, 2.45) is 0 Å². The molecule has 1 aromatic heterocycles. The molecule has 0 aliphatic heterocycles. The number of aromatic nitrogens is 1. The van der Waals surface area contributed by atoms with Gasteiger partial charge in [0.2, 0.25) is 0 Å². The van der Waals surface area contributed by atoms with Crippen molar-refractivity contribution in [3.63, 3.8) is 0 Å². The highest BCUT2D eigenvalue weighted by atomic mass is 15.2. The van der Waals surface area contributed by atoms with Gasteiger partial charge in [0, 0.05) is 50.0 Å². The monoisotopic (exact) mass is 833 g/mol. The lowest BCUT2D eigenvalue weighted by Gasteiger charge is -2.28. The summed E-state index contributed by atoms with van der Waals surface area (Å²) in [7, 11) is 0. The molecule has 11 aromatic carbocycles. The Labute approximate surface area is 384 Å². The number of para-hydroxylation sites is 3. The Balaban J connectivity index is 1.06. The third kappa shape index (κ3) is 6.78. The molecule has 0 saturated heterocycles. The fourth-order valence-corrected chi connectivity index (χ4v) is 9.44. The van der Waals surface area contributed by atoms with Crippen molar-refractivity contribution in [3.8, 4) is 27.9 Å². The standard InChI is InChI=1S/C62H43N3/c1-4-17-44(18-5-1)45-33-37-51(38-34-45)64(52-41-42-58-57-26-12-13-30-61(57)65(62(58)43-52)49-23-8-3-9-24-49)60-32-16-28-55-53(27-15-29-56(55)60)47-35-39-50(40-36-47)63(48-21-6-2-7-22-48)59-31-14-20-46-19-10-11-25-54(46)59/h1-43H/i35D,36D,39D,40D. The van der Waals surface area contributed by atoms with Crippen LogP contribution < -0.4 is 9.80 Å². The average Bonchev–Trinajstić information content (AvgIpc) is 3.74. The van der Waals surface area contributed by atoms with E-state index < -0.39 is 0 Å². The second-order valence-electron chi connectivity index (χ2n) is 16.2. The maximum Gasteiger partial charge on any atom is 0.0645 e. The lowest BCUT2D eigenvalue weighted by molar-refractivity contribution is 1.18. The lowest BCUT2D eigenvalue weighted by Crippen LogP contribution is -2.11. The summed E-state index contributed by atoms with van der Waals surface area (Å²) in [5.74, 6) is 0. The summed E-state index contributed by atoms with van der Waals surface area (Å²) in [6, 6.07) is 80.1. The summed E-state index contributed by atoms with van der Waals surface area (Å²) >= 11 is 0. The first-order chi connectivity index (χ1) is 33.9. The zero-order valence-corrected chi connectivity index (χ0v) is 35.4. The summed E-state index contributed by atoms with van der Waals surface area (Å²) in [5.41, 5.74) is 10.9. The third-order valence-corrected chi connectivity index (χ3v) is 12.4. The maximum absolute atomic E-state index is 9.75. The van der Waals surface area contributed by atoms with Gasteiger partial charge < -0.3 is 14.4 Å². The van der Waals surface area contributed by atoms with E-state index in [0.717, 1.165) is 83.2 Å². The fourth-order valence-electron chi connectivity index (χ4n) is 9.44. The van der Waals surface area contributed by atoms with Gasteiger partial charge in [-0.05, 0) is 112 Å². The second-order valence-corrected chi connectivity index (χ2v) is 16.2. The highest BCUT2D eigenvalue weighted by Crippen LogP contribution is 2.45. The SMILES string of the molecule is [2H]c1c([2H])c(N(c2ccccc2)c2cccc3ccccc23)c([2H])c([2H])c1-c1cccc2c(N(c3ccc(-c4ccccc4)cc3)c3ccc4c5ccccc5n(-c5ccccc5)c4c3)cccc12. The van der Waals surface area contributed by atoms with Gasteiger partial charge in [-0.25, -0.2) is 0 Å². The molecule has 3 heteroatoms. The molecular formula is C62H43N3. The predicted molar refractivity (Wildman–Crippen MR) is 276 cm³/mol. The maximum atomic E-state index is 9.75. The average molecular weight is 834 g/mol. The van der Waals surface area contributed by atoms with Crippen LogP contribution in [0.2, 0.25) is 0 Å². The minimum absolute atomic E-state index is 0.113.